The van der Waals surface area contributed by atoms with Gasteiger partial charge in [0.1, 0.15) is 0 Å². The molecule has 7 heteroatoms. The molecule has 0 saturated heterocycles. The van der Waals surface area contributed by atoms with Gasteiger partial charge in [-0.2, -0.15) is 10.2 Å². The van der Waals surface area contributed by atoms with Crippen LogP contribution in [0.15, 0.2) is 108 Å². The fraction of sp³-hybridized carbons (Fsp3) is 0.0645. The number of phenols is 1. The Kier molecular flexibility index (Phi) is 6.99. The van der Waals surface area contributed by atoms with Crippen LogP contribution in [0.2, 0.25) is 0 Å². The van der Waals surface area contributed by atoms with E-state index in [1.807, 2.05) is 61.5 Å². The third-order valence-corrected chi connectivity index (χ3v) is 6.10. The molecule has 5 aromatic rings. The first-order valence-electron chi connectivity index (χ1n) is 12.1. The maximum absolute atomic E-state index is 13.0. The van der Waals surface area contributed by atoms with E-state index < -0.39 is 5.91 Å². The van der Waals surface area contributed by atoms with E-state index in [2.05, 4.69) is 39.9 Å². The van der Waals surface area contributed by atoms with Crippen molar-refractivity contribution in [3.63, 3.8) is 0 Å². The zero-order chi connectivity index (χ0) is 26.5. The highest BCUT2D eigenvalue weighted by Crippen LogP contribution is 2.29. The molecule has 0 saturated carbocycles. The van der Waals surface area contributed by atoms with Gasteiger partial charge in [-0.1, -0.05) is 72.8 Å². The molecule has 38 heavy (non-hydrogen) atoms. The van der Waals surface area contributed by atoms with Crippen molar-refractivity contribution in [2.75, 3.05) is 7.11 Å². The molecule has 1 aromatic heterocycles. The number of ether oxygens (including phenoxy) is 1. The van der Waals surface area contributed by atoms with Crippen molar-refractivity contribution in [1.82, 2.24) is 15.2 Å². The quantitative estimate of drug-likeness (QED) is 0.211. The van der Waals surface area contributed by atoms with E-state index in [4.69, 9.17) is 4.74 Å². The lowest BCUT2D eigenvalue weighted by molar-refractivity contribution is 0.0949. The number of nitrogens with zero attached hydrogens (tertiary/aromatic N) is 3. The van der Waals surface area contributed by atoms with Gasteiger partial charge in [0.05, 0.1) is 24.7 Å². The van der Waals surface area contributed by atoms with E-state index in [1.165, 1.54) is 13.3 Å². The summed E-state index contributed by atoms with van der Waals surface area (Å²) in [6, 6.07) is 33.0. The molecule has 2 N–H and O–H groups in total. The van der Waals surface area contributed by atoms with Gasteiger partial charge in [-0.25, -0.2) is 10.1 Å². The maximum atomic E-state index is 13.0. The van der Waals surface area contributed by atoms with Gasteiger partial charge in [0.2, 0.25) is 0 Å². The monoisotopic (exact) mass is 502 g/mol. The number of phenolic OH excluding ortho intramolecular Hbond substituents is 1. The number of benzene rings is 4. The van der Waals surface area contributed by atoms with Crippen LogP contribution in [0, 0.1) is 6.92 Å². The van der Waals surface area contributed by atoms with Crippen LogP contribution < -0.4 is 10.2 Å². The van der Waals surface area contributed by atoms with Crippen molar-refractivity contribution in [1.29, 1.82) is 0 Å². The molecule has 0 bridgehead atoms. The maximum Gasteiger partial charge on any atom is 0.291 e. The summed E-state index contributed by atoms with van der Waals surface area (Å²) in [6.07, 6.45) is 1.36. The number of hydrazone groups is 1. The molecule has 0 atom stereocenters. The lowest BCUT2D eigenvalue weighted by atomic mass is 10.0. The minimum atomic E-state index is -0.475. The van der Waals surface area contributed by atoms with E-state index >= 15 is 0 Å². The predicted octanol–water partition coefficient (Wildman–Crippen LogP) is 5.99. The second-order valence-corrected chi connectivity index (χ2v) is 8.71. The molecular formula is C31H26N4O3. The first kappa shape index (κ1) is 24.5. The molecule has 4 aromatic carbocycles. The van der Waals surface area contributed by atoms with Crippen LogP contribution in [0.25, 0.3) is 28.1 Å². The van der Waals surface area contributed by atoms with E-state index in [-0.39, 0.29) is 11.4 Å². The number of methoxy groups -OCH3 is 1. The number of carbonyl (C=O) groups is 1. The highest BCUT2D eigenvalue weighted by atomic mass is 16.5. The van der Waals surface area contributed by atoms with Gasteiger partial charge in [0.15, 0.2) is 17.2 Å². The van der Waals surface area contributed by atoms with Gasteiger partial charge in [-0.15, -0.1) is 0 Å². The van der Waals surface area contributed by atoms with Crippen molar-refractivity contribution >= 4 is 12.1 Å². The standard InChI is InChI=1S/C31H26N4O3/c1-21-8-6-12-26(18-21)35-28(24-16-14-23(15-17-24)22-9-4-3-5-10-22)19-27(34-35)31(37)33-32-20-25-11-7-13-29(38-2)30(25)36/h3-20,36H,1-2H3,(H,33,37)/b32-20-. The molecule has 0 fully saturated rings. The van der Waals surface area contributed by atoms with Crippen LogP contribution >= 0.6 is 0 Å². The average molecular weight is 503 g/mol. The summed E-state index contributed by atoms with van der Waals surface area (Å²) in [5.41, 5.74) is 8.97. The van der Waals surface area contributed by atoms with Gasteiger partial charge in [0, 0.05) is 11.1 Å². The normalized spacial score (nSPS) is 11.0. The van der Waals surface area contributed by atoms with Crippen molar-refractivity contribution in [3.05, 3.63) is 120 Å². The van der Waals surface area contributed by atoms with Crippen LogP contribution in [0.5, 0.6) is 11.5 Å². The Bertz CT molecular complexity index is 1610. The zero-order valence-electron chi connectivity index (χ0n) is 21.0. The number of amides is 1. The molecule has 0 aliphatic carbocycles. The predicted molar refractivity (Wildman–Crippen MR) is 149 cm³/mol. The number of aryl methyl sites for hydroxylation is 1. The summed E-state index contributed by atoms with van der Waals surface area (Å²) < 4.78 is 6.87. The molecule has 0 aliphatic rings. The average Bonchev–Trinajstić information content (AvgIpc) is 3.40. The van der Waals surface area contributed by atoms with Crippen LogP contribution in [-0.4, -0.2) is 34.1 Å². The first-order valence-corrected chi connectivity index (χ1v) is 12.1. The van der Waals surface area contributed by atoms with Crippen LogP contribution in [0.4, 0.5) is 0 Å². The Morgan fingerprint density at radius 2 is 1.61 bits per heavy atom. The van der Waals surface area contributed by atoms with Crippen LogP contribution in [0.3, 0.4) is 0 Å². The van der Waals surface area contributed by atoms with E-state index in [0.29, 0.717) is 11.3 Å². The van der Waals surface area contributed by atoms with Gasteiger partial charge in [-0.05, 0) is 53.9 Å². The number of hydrogen-bond donors (Lipinski definition) is 2. The smallest absolute Gasteiger partial charge is 0.291 e. The fourth-order valence-electron chi connectivity index (χ4n) is 4.14. The summed E-state index contributed by atoms with van der Waals surface area (Å²) in [7, 11) is 1.47. The molecule has 188 valence electrons. The van der Waals surface area contributed by atoms with Crippen molar-refractivity contribution in [2.24, 2.45) is 5.10 Å². The second-order valence-electron chi connectivity index (χ2n) is 8.71. The minimum absolute atomic E-state index is 0.0574. The number of aromatic nitrogens is 2. The lowest BCUT2D eigenvalue weighted by Crippen LogP contribution is -2.18. The zero-order valence-corrected chi connectivity index (χ0v) is 21.0. The number of rotatable bonds is 7. The van der Waals surface area contributed by atoms with E-state index in [0.717, 1.165) is 33.6 Å². The van der Waals surface area contributed by atoms with Crippen LogP contribution in [-0.2, 0) is 0 Å². The summed E-state index contributed by atoms with van der Waals surface area (Å²) >= 11 is 0. The highest BCUT2D eigenvalue weighted by molar-refractivity contribution is 5.94. The van der Waals surface area contributed by atoms with Crippen LogP contribution in [0.1, 0.15) is 21.6 Å². The number of carbonyl (C=O) groups excluding carboxylic acids is 1. The summed E-state index contributed by atoms with van der Waals surface area (Å²) in [6.45, 7) is 2.01. The minimum Gasteiger partial charge on any atom is -0.504 e. The summed E-state index contributed by atoms with van der Waals surface area (Å²) in [4.78, 5) is 13.0. The van der Waals surface area contributed by atoms with E-state index in [1.54, 1.807) is 28.9 Å². The second kappa shape index (κ2) is 10.8. The number of para-hydroxylation sites is 1. The SMILES string of the molecule is COc1cccc(/C=N\NC(=O)c2cc(-c3ccc(-c4ccccc4)cc3)n(-c3cccc(C)c3)n2)c1O. The van der Waals surface area contributed by atoms with Gasteiger partial charge >= 0.3 is 0 Å². The molecule has 0 aliphatic heterocycles. The molecule has 0 radical (unpaired) electrons. The summed E-state index contributed by atoms with van der Waals surface area (Å²) in [5, 5.41) is 18.9. The molecule has 1 heterocycles. The number of nitrogens with one attached hydrogen (secondary N) is 1. The third-order valence-electron chi connectivity index (χ3n) is 6.10. The Hall–Kier alpha value is -5.17. The molecule has 0 unspecified atom stereocenters. The summed E-state index contributed by atoms with van der Waals surface area (Å²) in [5.74, 6) is -0.213. The Morgan fingerprint density at radius 1 is 0.895 bits per heavy atom. The fourth-order valence-corrected chi connectivity index (χ4v) is 4.14. The largest absolute Gasteiger partial charge is 0.504 e. The Balaban J connectivity index is 1.45. The Morgan fingerprint density at radius 3 is 2.34 bits per heavy atom. The van der Waals surface area contributed by atoms with Gasteiger partial charge in [0.25, 0.3) is 5.91 Å². The molecular weight excluding hydrogens is 476 g/mol. The van der Waals surface area contributed by atoms with Gasteiger partial charge < -0.3 is 9.84 Å². The molecule has 5 rings (SSSR count). The number of aromatic hydroxyl groups is 1. The lowest BCUT2D eigenvalue weighted by Gasteiger charge is -2.09. The van der Waals surface area contributed by atoms with Crippen molar-refractivity contribution < 1.29 is 14.6 Å². The van der Waals surface area contributed by atoms with Crippen molar-refractivity contribution in [3.8, 4) is 39.6 Å². The topological polar surface area (TPSA) is 88.7 Å². The third kappa shape index (κ3) is 5.17. The Labute approximate surface area is 220 Å². The highest BCUT2D eigenvalue weighted by Gasteiger charge is 2.17. The molecule has 0 spiro atoms. The first-order chi connectivity index (χ1) is 18.5. The molecule has 1 amide bonds. The van der Waals surface area contributed by atoms with Crippen molar-refractivity contribution in [2.45, 2.75) is 6.92 Å². The van der Waals surface area contributed by atoms with Gasteiger partial charge in [-0.3, -0.25) is 4.79 Å². The van der Waals surface area contributed by atoms with E-state index in [9.17, 15) is 9.90 Å². The number of hydrogen-bond acceptors (Lipinski definition) is 5. The molecule has 7 nitrogen and oxygen atoms in total.